The Kier molecular flexibility index (Phi) is 4.38. The molecule has 0 heterocycles. The predicted molar refractivity (Wildman–Crippen MR) is 93.3 cm³/mol. The van der Waals surface area contributed by atoms with Gasteiger partial charge in [0.2, 0.25) is 0 Å². The van der Waals surface area contributed by atoms with Gasteiger partial charge in [0.05, 0.1) is 0 Å². The molecule has 0 amide bonds. The first kappa shape index (κ1) is 14.0. The summed E-state index contributed by atoms with van der Waals surface area (Å²) >= 11 is 6.37. The van der Waals surface area contributed by atoms with E-state index >= 15 is 0 Å². The van der Waals surface area contributed by atoms with Crippen LogP contribution in [-0.4, -0.2) is 5.66 Å². The maximum absolute atomic E-state index is 6.37. The standard InChI is InChI=1S/C18H21PS/c20-19(16-10-4-1-5-11-16,17-12-6-2-7-13-17)18-14-8-3-9-15-18/h1-2,4-7,10-13,18H,3,8-9,14-15H2. The summed E-state index contributed by atoms with van der Waals surface area (Å²) in [5, 5.41) is 2.79. The minimum absolute atomic E-state index is 0.691. The zero-order chi connectivity index (χ0) is 13.8. The SMILES string of the molecule is S=P(c1ccccc1)(c1ccccc1)C1CCCCC1. The van der Waals surface area contributed by atoms with Gasteiger partial charge in [0.15, 0.2) is 0 Å². The molecule has 1 saturated carbocycles. The first-order valence-corrected chi connectivity index (χ1v) is 10.4. The molecule has 104 valence electrons. The Labute approximate surface area is 127 Å². The van der Waals surface area contributed by atoms with E-state index in [1.54, 1.807) is 0 Å². The van der Waals surface area contributed by atoms with E-state index in [9.17, 15) is 0 Å². The lowest BCUT2D eigenvalue weighted by Crippen LogP contribution is -2.27. The molecule has 3 rings (SSSR count). The fraction of sp³-hybridized carbons (Fsp3) is 0.333. The van der Waals surface area contributed by atoms with Gasteiger partial charge >= 0.3 is 0 Å². The van der Waals surface area contributed by atoms with Crippen LogP contribution in [-0.2, 0) is 11.8 Å². The summed E-state index contributed by atoms with van der Waals surface area (Å²) in [5.41, 5.74) is 0.691. The van der Waals surface area contributed by atoms with Crippen LogP contribution in [0.3, 0.4) is 0 Å². The highest BCUT2D eigenvalue weighted by Gasteiger charge is 2.32. The summed E-state index contributed by atoms with van der Waals surface area (Å²) in [6, 6.07) is 20.1. The maximum Gasteiger partial charge on any atom is 0.0135 e. The third kappa shape index (κ3) is 2.62. The topological polar surface area (TPSA) is 0 Å². The van der Waals surface area contributed by atoms with Crippen molar-refractivity contribution in [3.05, 3.63) is 60.7 Å². The van der Waals surface area contributed by atoms with Crippen molar-refractivity contribution in [3.63, 3.8) is 0 Å². The van der Waals surface area contributed by atoms with Gasteiger partial charge in [-0.3, -0.25) is 0 Å². The Morgan fingerprint density at radius 1 is 0.700 bits per heavy atom. The molecule has 1 aliphatic carbocycles. The van der Waals surface area contributed by atoms with Gasteiger partial charge in [-0.25, -0.2) is 0 Å². The number of rotatable bonds is 3. The van der Waals surface area contributed by atoms with Gasteiger partial charge in [-0.2, -0.15) is 0 Å². The van der Waals surface area contributed by atoms with Gasteiger partial charge in [-0.15, -0.1) is 0 Å². The summed E-state index contributed by atoms with van der Waals surface area (Å²) in [6.45, 7) is 0. The summed E-state index contributed by atoms with van der Waals surface area (Å²) < 4.78 is 0. The van der Waals surface area contributed by atoms with Crippen molar-refractivity contribution in [2.75, 3.05) is 0 Å². The zero-order valence-electron chi connectivity index (χ0n) is 11.7. The quantitative estimate of drug-likeness (QED) is 0.755. The molecule has 0 nitrogen and oxygen atoms in total. The maximum atomic E-state index is 6.37. The van der Waals surface area contributed by atoms with E-state index in [0.717, 1.165) is 0 Å². The number of hydrogen-bond donors (Lipinski definition) is 0. The molecular formula is C18H21PS. The highest BCUT2D eigenvalue weighted by molar-refractivity contribution is 8.22. The van der Waals surface area contributed by atoms with E-state index < -0.39 is 6.04 Å². The fourth-order valence-electron chi connectivity index (χ4n) is 3.31. The van der Waals surface area contributed by atoms with Crippen LogP contribution in [0, 0.1) is 0 Å². The molecule has 0 saturated heterocycles. The molecule has 1 fully saturated rings. The van der Waals surface area contributed by atoms with E-state index in [1.165, 1.54) is 42.7 Å². The van der Waals surface area contributed by atoms with Crippen molar-refractivity contribution >= 4 is 28.5 Å². The molecule has 0 atom stereocenters. The van der Waals surface area contributed by atoms with Gasteiger partial charge in [-0.05, 0) is 29.1 Å². The molecule has 20 heavy (non-hydrogen) atoms. The lowest BCUT2D eigenvalue weighted by Gasteiger charge is -2.35. The minimum atomic E-state index is -1.67. The van der Waals surface area contributed by atoms with E-state index in [1.807, 2.05) is 0 Å². The first-order chi connectivity index (χ1) is 9.82. The Balaban J connectivity index is 2.10. The van der Waals surface area contributed by atoms with Gasteiger partial charge in [-0.1, -0.05) is 91.7 Å². The molecule has 0 aromatic heterocycles. The van der Waals surface area contributed by atoms with Crippen molar-refractivity contribution in [2.45, 2.75) is 37.8 Å². The minimum Gasteiger partial charge on any atom is -0.0873 e. The highest BCUT2D eigenvalue weighted by Crippen LogP contribution is 2.53. The van der Waals surface area contributed by atoms with Crippen molar-refractivity contribution in [1.82, 2.24) is 0 Å². The molecule has 2 aromatic carbocycles. The van der Waals surface area contributed by atoms with Crippen LogP contribution in [0.1, 0.15) is 32.1 Å². The average Bonchev–Trinajstić information content (AvgIpc) is 2.56. The Morgan fingerprint density at radius 2 is 1.15 bits per heavy atom. The summed E-state index contributed by atoms with van der Waals surface area (Å²) in [6.07, 6.45) is 6.70. The van der Waals surface area contributed by atoms with Crippen LogP contribution in [0.25, 0.3) is 0 Å². The Hall–Kier alpha value is -0.910. The van der Waals surface area contributed by atoms with E-state index in [-0.39, 0.29) is 0 Å². The summed E-state index contributed by atoms with van der Waals surface area (Å²) in [4.78, 5) is 0. The number of hydrogen-bond acceptors (Lipinski definition) is 1. The average molecular weight is 300 g/mol. The second-order valence-electron chi connectivity index (χ2n) is 5.62. The van der Waals surface area contributed by atoms with Gasteiger partial charge in [0.1, 0.15) is 0 Å². The van der Waals surface area contributed by atoms with E-state index in [4.69, 9.17) is 11.8 Å². The monoisotopic (exact) mass is 300 g/mol. The third-order valence-corrected chi connectivity index (χ3v) is 10.2. The molecule has 0 N–H and O–H groups in total. The predicted octanol–water partition coefficient (Wildman–Crippen LogP) is 4.45. The number of benzene rings is 2. The lowest BCUT2D eigenvalue weighted by molar-refractivity contribution is 0.512. The summed E-state index contributed by atoms with van der Waals surface area (Å²) in [7, 11) is 0. The van der Waals surface area contributed by atoms with Gasteiger partial charge in [0, 0.05) is 6.04 Å². The Bertz CT molecular complexity index is 542. The fourth-order valence-corrected chi connectivity index (χ4v) is 8.14. The van der Waals surface area contributed by atoms with Crippen LogP contribution in [0.15, 0.2) is 60.7 Å². The van der Waals surface area contributed by atoms with Crippen molar-refractivity contribution in [2.24, 2.45) is 0 Å². The molecule has 0 unspecified atom stereocenters. The molecule has 1 aliphatic rings. The van der Waals surface area contributed by atoms with E-state index in [2.05, 4.69) is 60.7 Å². The normalized spacial score (nSPS) is 17.0. The largest absolute Gasteiger partial charge is 0.0873 e. The third-order valence-electron chi connectivity index (χ3n) is 4.37. The van der Waals surface area contributed by atoms with Gasteiger partial charge in [0.25, 0.3) is 0 Å². The molecule has 2 aromatic rings. The molecular weight excluding hydrogens is 279 g/mol. The molecule has 0 spiro atoms. The first-order valence-electron chi connectivity index (χ1n) is 7.53. The molecule has 0 bridgehead atoms. The van der Waals surface area contributed by atoms with E-state index in [0.29, 0.717) is 5.66 Å². The molecule has 0 aliphatic heterocycles. The molecule has 0 radical (unpaired) electrons. The second kappa shape index (κ2) is 6.24. The van der Waals surface area contributed by atoms with Crippen molar-refractivity contribution < 1.29 is 0 Å². The molecule has 2 heteroatoms. The zero-order valence-corrected chi connectivity index (χ0v) is 13.5. The second-order valence-corrected chi connectivity index (χ2v) is 10.4. The van der Waals surface area contributed by atoms with Crippen LogP contribution < -0.4 is 10.6 Å². The Morgan fingerprint density at radius 3 is 1.60 bits per heavy atom. The summed E-state index contributed by atoms with van der Waals surface area (Å²) in [5.74, 6) is 0. The van der Waals surface area contributed by atoms with Crippen LogP contribution >= 0.6 is 6.04 Å². The smallest absolute Gasteiger partial charge is 0.0135 e. The van der Waals surface area contributed by atoms with Crippen LogP contribution in [0.4, 0.5) is 0 Å². The van der Waals surface area contributed by atoms with Crippen molar-refractivity contribution in [3.8, 4) is 0 Å². The highest BCUT2D eigenvalue weighted by atomic mass is 32.4. The van der Waals surface area contributed by atoms with Crippen LogP contribution in [0.5, 0.6) is 0 Å². The lowest BCUT2D eigenvalue weighted by atomic mass is 10.0. The van der Waals surface area contributed by atoms with Crippen molar-refractivity contribution in [1.29, 1.82) is 0 Å². The van der Waals surface area contributed by atoms with Crippen LogP contribution in [0.2, 0.25) is 0 Å². The van der Waals surface area contributed by atoms with Gasteiger partial charge < -0.3 is 0 Å².